The summed E-state index contributed by atoms with van der Waals surface area (Å²) in [4.78, 5) is 16.7. The molecule has 0 unspecified atom stereocenters. The Balaban J connectivity index is 1.72. The molecule has 8 nitrogen and oxygen atoms in total. The number of carbonyl (C=O) groups is 1. The van der Waals surface area contributed by atoms with Gasteiger partial charge in [-0.2, -0.15) is 13.5 Å². The molecule has 1 aromatic carbocycles. The molecule has 152 valence electrons. The van der Waals surface area contributed by atoms with E-state index in [0.717, 1.165) is 34.5 Å². The summed E-state index contributed by atoms with van der Waals surface area (Å²) < 4.78 is 29.2. The zero-order valence-corrected chi connectivity index (χ0v) is 18.0. The fourth-order valence-electron chi connectivity index (χ4n) is 3.55. The van der Waals surface area contributed by atoms with Crippen LogP contribution in [0.15, 0.2) is 35.5 Å². The summed E-state index contributed by atoms with van der Waals surface area (Å²) in [6.07, 6.45) is 3.03. The van der Waals surface area contributed by atoms with Gasteiger partial charge >= 0.3 is 0 Å². The third-order valence-corrected chi connectivity index (χ3v) is 7.84. The van der Waals surface area contributed by atoms with E-state index in [9.17, 15) is 13.2 Å². The standard InChI is InChI=1S/C19H21N5O3S2/c1-12-18(28-19(21-12)22-13(2)25)15-6-7-16-14(11-15)5-4-10-24(16)29(26,27)17-8-9-20-23(17)3/h6-9,11H,4-5,10H2,1-3H3,(H,21,22,25). The Hall–Kier alpha value is -2.72. The Kier molecular flexibility index (Phi) is 4.91. The number of sulfonamides is 1. The summed E-state index contributed by atoms with van der Waals surface area (Å²) in [5.74, 6) is -0.160. The van der Waals surface area contributed by atoms with Crippen LogP contribution in [0.3, 0.4) is 0 Å². The largest absolute Gasteiger partial charge is 0.302 e. The Bertz CT molecular complexity index is 1200. The molecule has 4 rings (SSSR count). The van der Waals surface area contributed by atoms with Crippen LogP contribution in [0.1, 0.15) is 24.6 Å². The van der Waals surface area contributed by atoms with Gasteiger partial charge in [-0.3, -0.25) is 13.8 Å². The third-order valence-electron chi connectivity index (χ3n) is 4.83. The van der Waals surface area contributed by atoms with Crippen molar-refractivity contribution in [3.05, 3.63) is 41.7 Å². The highest BCUT2D eigenvalue weighted by molar-refractivity contribution is 7.92. The summed E-state index contributed by atoms with van der Waals surface area (Å²) >= 11 is 1.41. The predicted molar refractivity (Wildman–Crippen MR) is 113 cm³/mol. The molecule has 1 aliphatic heterocycles. The number of fused-ring (bicyclic) bond motifs is 1. The number of anilines is 2. The van der Waals surface area contributed by atoms with Crippen LogP contribution in [-0.2, 0) is 28.3 Å². The van der Waals surface area contributed by atoms with Gasteiger partial charge in [0.25, 0.3) is 10.0 Å². The van der Waals surface area contributed by atoms with E-state index in [1.54, 1.807) is 7.05 Å². The van der Waals surface area contributed by atoms with E-state index in [1.165, 1.54) is 39.5 Å². The first-order chi connectivity index (χ1) is 13.8. The molecular formula is C19H21N5O3S2. The molecular weight excluding hydrogens is 410 g/mol. The number of aryl methyl sites for hydroxylation is 3. The van der Waals surface area contributed by atoms with Crippen molar-refractivity contribution in [1.29, 1.82) is 0 Å². The molecule has 2 aromatic heterocycles. The minimum absolute atomic E-state index is 0.160. The molecule has 0 saturated heterocycles. The fraction of sp³-hybridized carbons (Fsp3) is 0.316. The maximum absolute atomic E-state index is 13.2. The number of nitrogens with one attached hydrogen (secondary N) is 1. The number of thiazole rings is 1. The Morgan fingerprint density at radius 1 is 1.28 bits per heavy atom. The van der Waals surface area contributed by atoms with Gasteiger partial charge < -0.3 is 5.32 Å². The third kappa shape index (κ3) is 3.53. The number of rotatable bonds is 4. The van der Waals surface area contributed by atoms with Gasteiger partial charge in [0.15, 0.2) is 10.2 Å². The van der Waals surface area contributed by atoms with Gasteiger partial charge in [-0.25, -0.2) is 4.98 Å². The maximum Gasteiger partial charge on any atom is 0.281 e. The molecule has 10 heteroatoms. The van der Waals surface area contributed by atoms with Gasteiger partial charge in [-0.1, -0.05) is 17.4 Å². The summed E-state index contributed by atoms with van der Waals surface area (Å²) in [6, 6.07) is 7.31. The molecule has 1 N–H and O–H groups in total. The van der Waals surface area contributed by atoms with E-state index in [4.69, 9.17) is 0 Å². The highest BCUT2D eigenvalue weighted by Gasteiger charge is 2.31. The van der Waals surface area contributed by atoms with Crippen LogP contribution in [0.4, 0.5) is 10.8 Å². The smallest absolute Gasteiger partial charge is 0.281 e. The topological polar surface area (TPSA) is 97.2 Å². The minimum Gasteiger partial charge on any atom is -0.302 e. The first-order valence-corrected chi connectivity index (χ1v) is 11.4. The lowest BCUT2D eigenvalue weighted by atomic mass is 10.00. The number of aromatic nitrogens is 3. The first-order valence-electron chi connectivity index (χ1n) is 9.16. The van der Waals surface area contributed by atoms with Crippen molar-refractivity contribution >= 4 is 38.1 Å². The average Bonchev–Trinajstić information content (AvgIpc) is 3.26. The normalized spacial score (nSPS) is 14.0. The molecule has 0 bridgehead atoms. The van der Waals surface area contributed by atoms with Crippen molar-refractivity contribution in [3.63, 3.8) is 0 Å². The second-order valence-corrected chi connectivity index (χ2v) is 9.74. The minimum atomic E-state index is -3.68. The highest BCUT2D eigenvalue weighted by atomic mass is 32.2. The van der Waals surface area contributed by atoms with Crippen molar-refractivity contribution in [3.8, 4) is 10.4 Å². The second kappa shape index (κ2) is 7.27. The van der Waals surface area contributed by atoms with Crippen LogP contribution < -0.4 is 9.62 Å². The lowest BCUT2D eigenvalue weighted by Crippen LogP contribution is -2.36. The first kappa shape index (κ1) is 19.6. The molecule has 0 aliphatic carbocycles. The summed E-state index contributed by atoms with van der Waals surface area (Å²) in [5, 5.41) is 7.45. The van der Waals surface area contributed by atoms with E-state index >= 15 is 0 Å². The zero-order valence-electron chi connectivity index (χ0n) is 16.3. The van der Waals surface area contributed by atoms with Crippen LogP contribution in [-0.4, -0.2) is 35.6 Å². The Morgan fingerprint density at radius 3 is 2.76 bits per heavy atom. The predicted octanol–water partition coefficient (Wildman–Crippen LogP) is 2.95. The van der Waals surface area contributed by atoms with E-state index in [1.807, 2.05) is 25.1 Å². The number of amides is 1. The van der Waals surface area contributed by atoms with Crippen LogP contribution >= 0.6 is 11.3 Å². The molecule has 29 heavy (non-hydrogen) atoms. The molecule has 0 radical (unpaired) electrons. The number of benzene rings is 1. The van der Waals surface area contributed by atoms with Crippen molar-refractivity contribution < 1.29 is 13.2 Å². The van der Waals surface area contributed by atoms with Crippen LogP contribution in [0.2, 0.25) is 0 Å². The SMILES string of the molecule is CC(=O)Nc1nc(C)c(-c2ccc3c(c2)CCCN3S(=O)(=O)c2ccnn2C)s1. The highest BCUT2D eigenvalue weighted by Crippen LogP contribution is 2.38. The van der Waals surface area contributed by atoms with Gasteiger partial charge in [0, 0.05) is 20.5 Å². The van der Waals surface area contributed by atoms with Crippen LogP contribution in [0, 0.1) is 6.92 Å². The van der Waals surface area contributed by atoms with Crippen LogP contribution in [0.25, 0.3) is 10.4 Å². The number of hydrogen-bond acceptors (Lipinski definition) is 6. The Labute approximate surface area is 173 Å². The lowest BCUT2D eigenvalue weighted by molar-refractivity contribution is -0.114. The monoisotopic (exact) mass is 431 g/mol. The van der Waals surface area contributed by atoms with E-state index in [-0.39, 0.29) is 10.9 Å². The number of carbonyl (C=O) groups excluding carboxylic acids is 1. The average molecular weight is 432 g/mol. The van der Waals surface area contributed by atoms with Crippen LogP contribution in [0.5, 0.6) is 0 Å². The summed E-state index contributed by atoms with van der Waals surface area (Å²) in [5.41, 5.74) is 3.47. The Morgan fingerprint density at radius 2 is 2.07 bits per heavy atom. The molecule has 3 aromatic rings. The van der Waals surface area contributed by atoms with Gasteiger partial charge in [0.1, 0.15) is 0 Å². The van der Waals surface area contributed by atoms with Gasteiger partial charge in [0.2, 0.25) is 5.91 Å². The van der Waals surface area contributed by atoms with E-state index in [0.29, 0.717) is 17.4 Å². The fourth-order valence-corrected chi connectivity index (χ4v) is 6.20. The van der Waals surface area contributed by atoms with Crippen molar-refractivity contribution in [1.82, 2.24) is 14.8 Å². The molecule has 0 saturated carbocycles. The summed E-state index contributed by atoms with van der Waals surface area (Å²) in [7, 11) is -2.06. The van der Waals surface area contributed by atoms with Gasteiger partial charge in [0.05, 0.1) is 22.5 Å². The van der Waals surface area contributed by atoms with Crippen molar-refractivity contribution in [2.45, 2.75) is 31.7 Å². The molecule has 0 fully saturated rings. The molecule has 0 atom stereocenters. The van der Waals surface area contributed by atoms with E-state index in [2.05, 4.69) is 15.4 Å². The lowest BCUT2D eigenvalue weighted by Gasteiger charge is -2.30. The zero-order chi connectivity index (χ0) is 20.8. The quantitative estimate of drug-likeness (QED) is 0.685. The maximum atomic E-state index is 13.2. The van der Waals surface area contributed by atoms with E-state index < -0.39 is 10.0 Å². The van der Waals surface area contributed by atoms with Crippen molar-refractivity contribution in [2.75, 3.05) is 16.2 Å². The van der Waals surface area contributed by atoms with Crippen molar-refractivity contribution in [2.24, 2.45) is 7.05 Å². The summed E-state index contributed by atoms with van der Waals surface area (Å²) in [6.45, 7) is 3.79. The molecule has 0 spiro atoms. The number of nitrogens with zero attached hydrogens (tertiary/aromatic N) is 4. The second-order valence-electron chi connectivity index (χ2n) is 6.93. The molecule has 3 heterocycles. The van der Waals surface area contributed by atoms with Gasteiger partial charge in [-0.15, -0.1) is 0 Å². The number of hydrogen-bond donors (Lipinski definition) is 1. The molecule has 1 amide bonds. The van der Waals surface area contributed by atoms with Gasteiger partial charge in [-0.05, 0) is 49.1 Å². The molecule has 1 aliphatic rings.